The minimum atomic E-state index is -0.591. The van der Waals surface area contributed by atoms with Gasteiger partial charge >= 0.3 is 0 Å². The maximum Gasteiger partial charge on any atom is 0.123 e. The lowest BCUT2D eigenvalue weighted by molar-refractivity contribution is 0.512. The van der Waals surface area contributed by atoms with Gasteiger partial charge in [-0.1, -0.05) is 19.1 Å². The van der Waals surface area contributed by atoms with Gasteiger partial charge in [-0.2, -0.15) is 0 Å². The molecule has 2 aromatic rings. The largest absolute Gasteiger partial charge is 0.318 e. The van der Waals surface area contributed by atoms with Gasteiger partial charge in [0, 0.05) is 4.88 Å². The summed E-state index contributed by atoms with van der Waals surface area (Å²) >= 11 is 1.67. The normalized spacial score (nSPS) is 14.6. The summed E-state index contributed by atoms with van der Waals surface area (Å²) < 4.78 is 13.3. The Morgan fingerprint density at radius 2 is 2.12 bits per heavy atom. The molecule has 1 unspecified atom stereocenters. The first-order valence-corrected chi connectivity index (χ1v) is 6.55. The second-order valence-corrected chi connectivity index (χ2v) is 5.35. The van der Waals surface area contributed by atoms with Crippen LogP contribution in [0.4, 0.5) is 4.39 Å². The molecule has 17 heavy (non-hydrogen) atoms. The van der Waals surface area contributed by atoms with Gasteiger partial charge in [0.15, 0.2) is 0 Å². The molecule has 1 nitrogen and oxygen atoms in total. The number of hydrogen-bond acceptors (Lipinski definition) is 2. The van der Waals surface area contributed by atoms with E-state index in [-0.39, 0.29) is 5.82 Å². The van der Waals surface area contributed by atoms with E-state index in [0.29, 0.717) is 0 Å². The van der Waals surface area contributed by atoms with Crippen LogP contribution < -0.4 is 5.73 Å². The Labute approximate surface area is 105 Å². The quantitative estimate of drug-likeness (QED) is 0.879. The van der Waals surface area contributed by atoms with Gasteiger partial charge in [-0.05, 0) is 48.1 Å². The smallest absolute Gasteiger partial charge is 0.123 e. The van der Waals surface area contributed by atoms with Gasteiger partial charge < -0.3 is 5.73 Å². The summed E-state index contributed by atoms with van der Waals surface area (Å²) in [5.74, 6) is -0.237. The molecule has 0 fully saturated rings. The molecule has 2 N–H and O–H groups in total. The highest BCUT2D eigenvalue weighted by atomic mass is 32.1. The Bertz CT molecular complexity index is 520. The van der Waals surface area contributed by atoms with E-state index in [4.69, 9.17) is 5.73 Å². The Kier molecular flexibility index (Phi) is 3.31. The van der Waals surface area contributed by atoms with Crippen molar-refractivity contribution < 1.29 is 4.39 Å². The number of nitrogens with two attached hydrogens (primary N) is 1. The van der Waals surface area contributed by atoms with Crippen molar-refractivity contribution in [2.24, 2.45) is 5.73 Å². The molecule has 1 heterocycles. The third-order valence-corrected chi connectivity index (χ3v) is 4.08. The van der Waals surface area contributed by atoms with Gasteiger partial charge in [0.05, 0.1) is 5.54 Å². The van der Waals surface area contributed by atoms with Gasteiger partial charge in [0.2, 0.25) is 0 Å². The van der Waals surface area contributed by atoms with E-state index in [1.54, 1.807) is 17.4 Å². The van der Waals surface area contributed by atoms with Crippen molar-refractivity contribution in [3.63, 3.8) is 0 Å². The molecule has 0 amide bonds. The molecule has 0 radical (unpaired) electrons. The van der Waals surface area contributed by atoms with Gasteiger partial charge in [0.1, 0.15) is 5.82 Å². The minimum Gasteiger partial charge on any atom is -0.318 e. The SMILES string of the molecule is CCC(N)(c1cccc(F)c1)c1ccsc1C. The fraction of sp³-hybridized carbons (Fsp3) is 0.286. The summed E-state index contributed by atoms with van der Waals surface area (Å²) in [7, 11) is 0. The Morgan fingerprint density at radius 3 is 2.65 bits per heavy atom. The molecule has 0 saturated carbocycles. The van der Waals surface area contributed by atoms with Gasteiger partial charge in [-0.15, -0.1) is 11.3 Å². The zero-order chi connectivity index (χ0) is 12.5. The van der Waals surface area contributed by atoms with Crippen LogP contribution in [-0.4, -0.2) is 0 Å². The minimum absolute atomic E-state index is 0.237. The number of halogens is 1. The monoisotopic (exact) mass is 249 g/mol. The van der Waals surface area contributed by atoms with E-state index in [9.17, 15) is 4.39 Å². The highest BCUT2D eigenvalue weighted by Crippen LogP contribution is 2.34. The predicted octanol–water partition coefficient (Wildman–Crippen LogP) is 3.81. The molecule has 2 rings (SSSR count). The molecular weight excluding hydrogens is 233 g/mol. The Balaban J connectivity index is 2.55. The van der Waals surface area contributed by atoms with Crippen molar-refractivity contribution in [2.75, 3.05) is 0 Å². The standard InChI is InChI=1S/C14H16FNS/c1-3-14(16,13-7-8-17-10(13)2)11-5-4-6-12(15)9-11/h4-9H,3,16H2,1-2H3. The third-order valence-electron chi connectivity index (χ3n) is 3.24. The number of thiophene rings is 1. The summed E-state index contributed by atoms with van der Waals surface area (Å²) in [5, 5.41) is 2.03. The number of aryl methyl sites for hydroxylation is 1. The lowest BCUT2D eigenvalue weighted by atomic mass is 9.82. The van der Waals surface area contributed by atoms with Crippen LogP contribution in [0.3, 0.4) is 0 Å². The molecule has 1 aromatic heterocycles. The summed E-state index contributed by atoms with van der Waals surface area (Å²) in [5.41, 5.74) is 7.83. The van der Waals surface area contributed by atoms with Crippen molar-refractivity contribution in [2.45, 2.75) is 25.8 Å². The first-order chi connectivity index (χ1) is 8.08. The van der Waals surface area contributed by atoms with E-state index in [2.05, 4.69) is 6.92 Å². The van der Waals surface area contributed by atoms with Crippen molar-refractivity contribution in [1.82, 2.24) is 0 Å². The Hall–Kier alpha value is -1.19. The van der Waals surface area contributed by atoms with Crippen LogP contribution in [0.2, 0.25) is 0 Å². The molecule has 0 aliphatic rings. The van der Waals surface area contributed by atoms with Crippen molar-refractivity contribution >= 4 is 11.3 Å². The van der Waals surface area contributed by atoms with Crippen molar-refractivity contribution in [3.8, 4) is 0 Å². The molecule has 0 aliphatic carbocycles. The van der Waals surface area contributed by atoms with Gasteiger partial charge in [0.25, 0.3) is 0 Å². The highest BCUT2D eigenvalue weighted by molar-refractivity contribution is 7.10. The molecule has 90 valence electrons. The van der Waals surface area contributed by atoms with Crippen molar-refractivity contribution in [3.05, 3.63) is 57.5 Å². The van der Waals surface area contributed by atoms with Crippen LogP contribution >= 0.6 is 11.3 Å². The molecule has 0 aliphatic heterocycles. The van der Waals surface area contributed by atoms with Crippen LogP contribution in [0.1, 0.15) is 29.3 Å². The number of benzene rings is 1. The zero-order valence-electron chi connectivity index (χ0n) is 10.0. The average Bonchev–Trinajstić information content (AvgIpc) is 2.75. The molecule has 0 spiro atoms. The van der Waals surface area contributed by atoms with Crippen LogP contribution in [0.15, 0.2) is 35.7 Å². The first kappa shape index (κ1) is 12.3. The van der Waals surface area contributed by atoms with E-state index in [1.807, 2.05) is 24.4 Å². The molecule has 1 aromatic carbocycles. The summed E-state index contributed by atoms with van der Waals surface area (Å²) in [6.45, 7) is 4.08. The van der Waals surface area contributed by atoms with Crippen LogP contribution in [0.25, 0.3) is 0 Å². The highest BCUT2D eigenvalue weighted by Gasteiger charge is 2.29. The molecule has 1 atom stereocenters. The predicted molar refractivity (Wildman–Crippen MR) is 70.7 cm³/mol. The Morgan fingerprint density at radius 1 is 1.35 bits per heavy atom. The second-order valence-electron chi connectivity index (χ2n) is 4.23. The maximum atomic E-state index is 13.3. The molecular formula is C14H16FNS. The summed E-state index contributed by atoms with van der Waals surface area (Å²) in [6, 6.07) is 8.61. The van der Waals surface area contributed by atoms with E-state index < -0.39 is 5.54 Å². The fourth-order valence-electron chi connectivity index (χ4n) is 2.16. The van der Waals surface area contributed by atoms with E-state index >= 15 is 0 Å². The van der Waals surface area contributed by atoms with Crippen LogP contribution in [0, 0.1) is 12.7 Å². The zero-order valence-corrected chi connectivity index (χ0v) is 10.9. The topological polar surface area (TPSA) is 26.0 Å². The first-order valence-electron chi connectivity index (χ1n) is 5.67. The van der Waals surface area contributed by atoms with Gasteiger partial charge in [-0.25, -0.2) is 4.39 Å². The summed E-state index contributed by atoms with van der Waals surface area (Å²) in [6.07, 6.45) is 0.744. The van der Waals surface area contributed by atoms with Gasteiger partial charge in [-0.3, -0.25) is 0 Å². The number of rotatable bonds is 3. The molecule has 0 saturated heterocycles. The lowest BCUT2D eigenvalue weighted by Gasteiger charge is -2.29. The van der Waals surface area contributed by atoms with Crippen LogP contribution in [-0.2, 0) is 5.54 Å². The average molecular weight is 249 g/mol. The maximum absolute atomic E-state index is 13.3. The molecule has 3 heteroatoms. The van der Waals surface area contributed by atoms with Crippen molar-refractivity contribution in [1.29, 1.82) is 0 Å². The second kappa shape index (κ2) is 4.59. The summed E-state index contributed by atoms with van der Waals surface area (Å²) in [4.78, 5) is 1.19. The third kappa shape index (κ3) is 2.13. The van der Waals surface area contributed by atoms with Crippen LogP contribution in [0.5, 0.6) is 0 Å². The molecule has 0 bridgehead atoms. The van der Waals surface area contributed by atoms with E-state index in [0.717, 1.165) is 17.5 Å². The lowest BCUT2D eigenvalue weighted by Crippen LogP contribution is -2.37. The van der Waals surface area contributed by atoms with E-state index in [1.165, 1.54) is 17.0 Å². The number of hydrogen-bond donors (Lipinski definition) is 1. The fourth-order valence-corrected chi connectivity index (χ4v) is 2.95.